The molecule has 4 nitrogen and oxygen atoms in total. The van der Waals surface area contributed by atoms with Crippen molar-refractivity contribution >= 4 is 5.91 Å². The van der Waals surface area contributed by atoms with Crippen LogP contribution in [0.25, 0.3) is 0 Å². The highest BCUT2D eigenvalue weighted by atomic mass is 16.5. The van der Waals surface area contributed by atoms with E-state index in [1.807, 2.05) is 12.1 Å². The first-order chi connectivity index (χ1) is 12.7. The van der Waals surface area contributed by atoms with Crippen LogP contribution in [-0.4, -0.2) is 43.6 Å². The molecule has 1 saturated heterocycles. The maximum atomic E-state index is 12.4. The second-order valence-electron chi connectivity index (χ2n) is 7.49. The minimum absolute atomic E-state index is 0.185. The largest absolute Gasteiger partial charge is 0.497 e. The van der Waals surface area contributed by atoms with Crippen molar-refractivity contribution in [2.24, 2.45) is 0 Å². The van der Waals surface area contributed by atoms with E-state index in [0.29, 0.717) is 6.42 Å². The maximum absolute atomic E-state index is 12.4. The maximum Gasteiger partial charge on any atom is 0.220 e. The van der Waals surface area contributed by atoms with E-state index in [1.165, 1.54) is 37.7 Å². The number of rotatable bonds is 12. The monoisotopic (exact) mass is 360 g/mol. The number of nitrogens with one attached hydrogen (secondary N) is 1. The van der Waals surface area contributed by atoms with Crippen LogP contribution in [0, 0.1) is 0 Å². The highest BCUT2D eigenvalue weighted by molar-refractivity contribution is 5.76. The van der Waals surface area contributed by atoms with Gasteiger partial charge in [-0.05, 0) is 56.5 Å². The van der Waals surface area contributed by atoms with Gasteiger partial charge in [-0.3, -0.25) is 4.79 Å². The number of carbonyl (C=O) groups excluding carboxylic acids is 1. The van der Waals surface area contributed by atoms with Crippen LogP contribution in [0.15, 0.2) is 24.3 Å². The Balaban J connectivity index is 1.84. The molecule has 4 heteroatoms. The number of methoxy groups -OCH3 is 1. The van der Waals surface area contributed by atoms with Crippen LogP contribution in [0.2, 0.25) is 0 Å². The van der Waals surface area contributed by atoms with Crippen molar-refractivity contribution in [2.75, 3.05) is 26.7 Å². The van der Waals surface area contributed by atoms with Crippen molar-refractivity contribution in [3.05, 3.63) is 29.8 Å². The Hall–Kier alpha value is -1.55. The topological polar surface area (TPSA) is 41.6 Å². The molecule has 1 heterocycles. The van der Waals surface area contributed by atoms with Gasteiger partial charge < -0.3 is 15.0 Å². The highest BCUT2D eigenvalue weighted by Gasteiger charge is 2.19. The number of amides is 1. The van der Waals surface area contributed by atoms with Crippen LogP contribution in [0.1, 0.15) is 63.9 Å². The number of carbonyl (C=O) groups is 1. The lowest BCUT2D eigenvalue weighted by Gasteiger charge is -2.25. The van der Waals surface area contributed by atoms with Gasteiger partial charge in [0, 0.05) is 19.0 Å². The predicted molar refractivity (Wildman–Crippen MR) is 108 cm³/mol. The molecule has 0 saturated carbocycles. The van der Waals surface area contributed by atoms with Gasteiger partial charge in [-0.15, -0.1) is 0 Å². The molecule has 1 N–H and O–H groups in total. The van der Waals surface area contributed by atoms with Crippen molar-refractivity contribution in [1.29, 1.82) is 0 Å². The SMILES string of the molecule is CCCCCCCC(=O)N[C@@H](Cc1ccc(OC)cc1)CN1CCCC1. The van der Waals surface area contributed by atoms with Gasteiger partial charge in [0.05, 0.1) is 7.11 Å². The van der Waals surface area contributed by atoms with Crippen molar-refractivity contribution in [2.45, 2.75) is 70.8 Å². The fourth-order valence-corrected chi connectivity index (χ4v) is 3.67. The number of ether oxygens (including phenoxy) is 1. The third kappa shape index (κ3) is 7.77. The molecule has 1 atom stereocenters. The zero-order chi connectivity index (χ0) is 18.6. The minimum atomic E-state index is 0.185. The van der Waals surface area contributed by atoms with Crippen LogP contribution in [0.4, 0.5) is 0 Å². The smallest absolute Gasteiger partial charge is 0.220 e. The fourth-order valence-electron chi connectivity index (χ4n) is 3.67. The van der Waals surface area contributed by atoms with Crippen LogP contribution >= 0.6 is 0 Å². The first-order valence-electron chi connectivity index (χ1n) is 10.4. The molecule has 0 radical (unpaired) electrons. The summed E-state index contributed by atoms with van der Waals surface area (Å²) in [5, 5.41) is 3.30. The lowest BCUT2D eigenvalue weighted by Crippen LogP contribution is -2.44. The zero-order valence-electron chi connectivity index (χ0n) is 16.6. The molecule has 146 valence electrons. The van der Waals surface area contributed by atoms with Gasteiger partial charge >= 0.3 is 0 Å². The summed E-state index contributed by atoms with van der Waals surface area (Å²) >= 11 is 0. The molecular weight excluding hydrogens is 324 g/mol. The Bertz CT molecular complexity index is 509. The normalized spacial score (nSPS) is 15.8. The second kappa shape index (κ2) is 11.9. The van der Waals surface area contributed by atoms with Crippen molar-refractivity contribution < 1.29 is 9.53 Å². The van der Waals surface area contributed by atoms with Gasteiger partial charge in [-0.1, -0.05) is 44.7 Å². The van der Waals surface area contributed by atoms with Gasteiger partial charge in [-0.2, -0.15) is 0 Å². The fraction of sp³-hybridized carbons (Fsp3) is 0.682. The van der Waals surface area contributed by atoms with E-state index in [1.54, 1.807) is 7.11 Å². The summed E-state index contributed by atoms with van der Waals surface area (Å²) in [5.41, 5.74) is 1.25. The van der Waals surface area contributed by atoms with Crippen LogP contribution in [0.5, 0.6) is 5.75 Å². The average Bonchev–Trinajstić information content (AvgIpc) is 3.15. The predicted octanol–water partition coefficient (Wildman–Crippen LogP) is 4.18. The zero-order valence-corrected chi connectivity index (χ0v) is 16.6. The molecule has 1 fully saturated rings. The summed E-state index contributed by atoms with van der Waals surface area (Å²) in [6, 6.07) is 8.39. The molecular formula is C22H36N2O2. The van der Waals surface area contributed by atoms with Gasteiger partial charge in [0.2, 0.25) is 5.91 Å². The molecule has 0 aromatic heterocycles. The number of likely N-dealkylation sites (tertiary alicyclic amines) is 1. The van der Waals surface area contributed by atoms with E-state index in [-0.39, 0.29) is 11.9 Å². The molecule has 1 aromatic rings. The van der Waals surface area contributed by atoms with Crippen LogP contribution in [-0.2, 0) is 11.2 Å². The molecule has 1 aliphatic heterocycles. The molecule has 0 bridgehead atoms. The minimum Gasteiger partial charge on any atom is -0.497 e. The first-order valence-corrected chi connectivity index (χ1v) is 10.4. The molecule has 1 aromatic carbocycles. The van der Waals surface area contributed by atoms with Crippen molar-refractivity contribution in [1.82, 2.24) is 10.2 Å². The third-order valence-electron chi connectivity index (χ3n) is 5.19. The van der Waals surface area contributed by atoms with Gasteiger partial charge in [0.15, 0.2) is 0 Å². The Morgan fingerprint density at radius 2 is 1.81 bits per heavy atom. The number of unbranched alkanes of at least 4 members (excludes halogenated alkanes) is 4. The van der Waals surface area contributed by atoms with E-state index in [4.69, 9.17) is 4.74 Å². The summed E-state index contributed by atoms with van der Waals surface area (Å²) < 4.78 is 5.24. The molecule has 1 amide bonds. The summed E-state index contributed by atoms with van der Waals surface area (Å²) in [5.74, 6) is 1.08. The summed E-state index contributed by atoms with van der Waals surface area (Å²) in [6.45, 7) is 5.49. The Morgan fingerprint density at radius 3 is 2.46 bits per heavy atom. The molecule has 0 unspecified atom stereocenters. The van der Waals surface area contributed by atoms with Crippen LogP contribution in [0.3, 0.4) is 0 Å². The Kier molecular flexibility index (Phi) is 9.54. The molecule has 0 aliphatic carbocycles. The van der Waals surface area contributed by atoms with E-state index >= 15 is 0 Å². The van der Waals surface area contributed by atoms with E-state index in [0.717, 1.165) is 44.6 Å². The second-order valence-corrected chi connectivity index (χ2v) is 7.49. The summed E-state index contributed by atoms with van der Waals surface area (Å²) in [6.07, 6.45) is 10.0. The van der Waals surface area contributed by atoms with Crippen molar-refractivity contribution in [3.63, 3.8) is 0 Å². The lowest BCUT2D eigenvalue weighted by molar-refractivity contribution is -0.122. The van der Waals surface area contributed by atoms with Crippen LogP contribution < -0.4 is 10.1 Å². The molecule has 2 rings (SSSR count). The summed E-state index contributed by atoms with van der Waals surface area (Å²) in [7, 11) is 1.69. The van der Waals surface area contributed by atoms with Gasteiger partial charge in [-0.25, -0.2) is 0 Å². The van der Waals surface area contributed by atoms with E-state index < -0.39 is 0 Å². The standard InChI is InChI=1S/C22H36N2O2/c1-3-4-5-6-7-10-22(25)23-20(18-24-15-8-9-16-24)17-19-11-13-21(26-2)14-12-19/h11-14,20H,3-10,15-18H2,1-2H3,(H,23,25)/t20-/m0/s1. The number of hydrogen-bond acceptors (Lipinski definition) is 3. The Morgan fingerprint density at radius 1 is 1.12 bits per heavy atom. The Labute approximate surface area is 159 Å². The molecule has 26 heavy (non-hydrogen) atoms. The highest BCUT2D eigenvalue weighted by Crippen LogP contribution is 2.15. The third-order valence-corrected chi connectivity index (χ3v) is 5.19. The number of benzene rings is 1. The first kappa shape index (κ1) is 20.8. The molecule has 1 aliphatic rings. The van der Waals surface area contributed by atoms with Crippen molar-refractivity contribution in [3.8, 4) is 5.75 Å². The lowest BCUT2D eigenvalue weighted by atomic mass is 10.0. The van der Waals surface area contributed by atoms with Gasteiger partial charge in [0.1, 0.15) is 5.75 Å². The van der Waals surface area contributed by atoms with E-state index in [2.05, 4.69) is 29.3 Å². The van der Waals surface area contributed by atoms with E-state index in [9.17, 15) is 4.79 Å². The molecule has 0 spiro atoms. The number of nitrogens with zero attached hydrogens (tertiary/aromatic N) is 1. The summed E-state index contributed by atoms with van der Waals surface area (Å²) in [4.78, 5) is 14.9. The average molecular weight is 361 g/mol. The quantitative estimate of drug-likeness (QED) is 0.569. The number of hydrogen-bond donors (Lipinski definition) is 1. The van der Waals surface area contributed by atoms with Gasteiger partial charge in [0.25, 0.3) is 0 Å².